The second kappa shape index (κ2) is 11.1. The average molecular weight is 542 g/mol. The maximum atomic E-state index is 13.6. The van der Waals surface area contributed by atoms with Crippen LogP contribution in [0.15, 0.2) is 66.7 Å². The summed E-state index contributed by atoms with van der Waals surface area (Å²) < 4.78 is 55.8. The van der Waals surface area contributed by atoms with E-state index in [0.29, 0.717) is 44.8 Å². The quantitative estimate of drug-likeness (QED) is 0.235. The number of rotatable bonds is 10. The lowest BCUT2D eigenvalue weighted by Crippen LogP contribution is -2.26. The van der Waals surface area contributed by atoms with Gasteiger partial charge in [-0.05, 0) is 55.8 Å². The van der Waals surface area contributed by atoms with Gasteiger partial charge in [-0.2, -0.15) is 0 Å². The van der Waals surface area contributed by atoms with Crippen LogP contribution in [0.4, 0.5) is 13.2 Å². The van der Waals surface area contributed by atoms with Crippen LogP contribution in [0.2, 0.25) is 0 Å². The molecule has 1 atom stereocenters. The van der Waals surface area contributed by atoms with E-state index in [9.17, 15) is 27.9 Å². The number of alkyl halides is 3. The van der Waals surface area contributed by atoms with Crippen molar-refractivity contribution >= 4 is 22.7 Å². The largest absolute Gasteiger partial charge is 0.573 e. The van der Waals surface area contributed by atoms with Crippen molar-refractivity contribution in [2.45, 2.75) is 39.3 Å². The van der Waals surface area contributed by atoms with E-state index in [-0.39, 0.29) is 18.7 Å². The first-order valence-corrected chi connectivity index (χ1v) is 12.1. The number of aliphatic carboxylic acids is 1. The molecule has 0 spiro atoms. The van der Waals surface area contributed by atoms with Crippen molar-refractivity contribution in [1.29, 1.82) is 0 Å². The van der Waals surface area contributed by atoms with Crippen LogP contribution < -0.4 is 14.2 Å². The van der Waals surface area contributed by atoms with Gasteiger partial charge < -0.3 is 23.9 Å². The second-order valence-electron chi connectivity index (χ2n) is 8.79. The molecule has 1 aromatic heterocycles. The average Bonchev–Trinajstić information content (AvgIpc) is 3.16. The molecule has 7 nitrogen and oxygen atoms in total. The van der Waals surface area contributed by atoms with Crippen LogP contribution in [0.3, 0.4) is 0 Å². The minimum Gasteiger partial charge on any atom is -0.497 e. The number of methoxy groups -OCH3 is 1. The van der Waals surface area contributed by atoms with Crippen molar-refractivity contribution in [3.05, 3.63) is 89.1 Å². The number of carbonyl (C=O) groups excluding carboxylic acids is 1. The van der Waals surface area contributed by atoms with Crippen LogP contribution in [0.1, 0.15) is 40.5 Å². The Morgan fingerprint density at radius 2 is 1.67 bits per heavy atom. The lowest BCUT2D eigenvalue weighted by Gasteiger charge is -2.18. The highest BCUT2D eigenvalue weighted by molar-refractivity contribution is 6.17. The molecule has 0 aliphatic carbocycles. The Kier molecular flexibility index (Phi) is 7.85. The molecule has 0 saturated heterocycles. The van der Waals surface area contributed by atoms with Gasteiger partial charge >= 0.3 is 12.3 Å². The Hall–Kier alpha value is -4.47. The monoisotopic (exact) mass is 541 g/mol. The number of hydrogen-bond acceptors (Lipinski definition) is 5. The zero-order valence-corrected chi connectivity index (χ0v) is 21.4. The number of halogens is 3. The number of carbonyl (C=O) groups is 2. The topological polar surface area (TPSA) is 87.0 Å². The zero-order valence-electron chi connectivity index (χ0n) is 21.4. The number of fused-ring (bicyclic) bond motifs is 1. The molecular weight excluding hydrogens is 515 g/mol. The van der Waals surface area contributed by atoms with Gasteiger partial charge in [0, 0.05) is 28.3 Å². The molecule has 0 fully saturated rings. The summed E-state index contributed by atoms with van der Waals surface area (Å²) in [6.45, 7) is 3.49. The summed E-state index contributed by atoms with van der Waals surface area (Å²) in [6.07, 6.45) is -5.74. The molecule has 0 radical (unpaired) electrons. The summed E-state index contributed by atoms with van der Waals surface area (Å²) in [6, 6.07) is 17.2. The summed E-state index contributed by atoms with van der Waals surface area (Å²) in [4.78, 5) is 25.2. The number of hydrogen-bond donors (Lipinski definition) is 1. The fourth-order valence-corrected chi connectivity index (χ4v) is 4.41. The van der Waals surface area contributed by atoms with Gasteiger partial charge in [0.2, 0.25) is 0 Å². The Morgan fingerprint density at radius 1 is 1.00 bits per heavy atom. The number of benzene rings is 3. The highest BCUT2D eigenvalue weighted by atomic mass is 19.4. The van der Waals surface area contributed by atoms with Crippen LogP contribution in [0.25, 0.3) is 10.9 Å². The number of ether oxygens (including phenoxy) is 3. The molecule has 1 heterocycles. The van der Waals surface area contributed by atoms with Crippen molar-refractivity contribution in [2.24, 2.45) is 0 Å². The summed E-state index contributed by atoms with van der Waals surface area (Å²) in [5, 5.41) is 9.89. The van der Waals surface area contributed by atoms with Gasteiger partial charge in [-0.25, -0.2) is 4.79 Å². The SMILES string of the molecule is CC[C@@H](Oc1ccccc1Cn1c(C)c(C(=O)c2ccc(OC)cc2)c2ccc(OC(F)(F)F)cc21)C(=O)O. The Balaban J connectivity index is 1.85. The third kappa shape index (κ3) is 6.00. The normalized spacial score (nSPS) is 12.3. The fourth-order valence-electron chi connectivity index (χ4n) is 4.41. The number of ketones is 1. The molecule has 0 unspecified atom stereocenters. The lowest BCUT2D eigenvalue weighted by molar-refractivity contribution is -0.274. The minimum absolute atomic E-state index is 0.0971. The van der Waals surface area contributed by atoms with Crippen molar-refractivity contribution in [2.75, 3.05) is 7.11 Å². The maximum Gasteiger partial charge on any atom is 0.573 e. The Bertz CT molecular complexity index is 1510. The molecule has 0 saturated carbocycles. The second-order valence-corrected chi connectivity index (χ2v) is 8.79. The molecule has 204 valence electrons. The summed E-state index contributed by atoms with van der Waals surface area (Å²) in [7, 11) is 1.51. The zero-order chi connectivity index (χ0) is 28.3. The number of carboxylic acids is 1. The fraction of sp³-hybridized carbons (Fsp3) is 0.241. The number of carboxylic acid groups (broad SMARTS) is 1. The molecule has 1 N–H and O–H groups in total. The van der Waals surface area contributed by atoms with Gasteiger partial charge in [0.1, 0.15) is 17.2 Å². The third-order valence-electron chi connectivity index (χ3n) is 6.33. The van der Waals surface area contributed by atoms with Crippen molar-refractivity contribution in [1.82, 2.24) is 4.57 Å². The van der Waals surface area contributed by atoms with Gasteiger partial charge in [0.15, 0.2) is 11.9 Å². The van der Waals surface area contributed by atoms with E-state index in [1.54, 1.807) is 66.9 Å². The van der Waals surface area contributed by atoms with Crippen LogP contribution in [0, 0.1) is 6.92 Å². The van der Waals surface area contributed by atoms with Gasteiger partial charge in [-0.15, -0.1) is 13.2 Å². The third-order valence-corrected chi connectivity index (χ3v) is 6.33. The van der Waals surface area contributed by atoms with E-state index in [4.69, 9.17) is 9.47 Å². The first-order valence-electron chi connectivity index (χ1n) is 12.1. The molecule has 4 rings (SSSR count). The van der Waals surface area contributed by atoms with Crippen LogP contribution >= 0.6 is 0 Å². The van der Waals surface area contributed by atoms with Crippen LogP contribution in [-0.2, 0) is 11.3 Å². The smallest absolute Gasteiger partial charge is 0.497 e. The molecular formula is C29H26F3NO6. The lowest BCUT2D eigenvalue weighted by atomic mass is 10.0. The van der Waals surface area contributed by atoms with Crippen molar-refractivity contribution < 1.29 is 42.1 Å². The van der Waals surface area contributed by atoms with Gasteiger partial charge in [-0.3, -0.25) is 4.79 Å². The minimum atomic E-state index is -4.89. The first-order chi connectivity index (χ1) is 18.5. The van der Waals surface area contributed by atoms with Crippen molar-refractivity contribution in [3.8, 4) is 17.2 Å². The van der Waals surface area contributed by atoms with E-state index in [1.165, 1.54) is 25.3 Å². The van der Waals surface area contributed by atoms with E-state index in [0.717, 1.165) is 0 Å². The van der Waals surface area contributed by atoms with E-state index in [1.807, 2.05) is 0 Å². The van der Waals surface area contributed by atoms with E-state index in [2.05, 4.69) is 4.74 Å². The highest BCUT2D eigenvalue weighted by Gasteiger charge is 2.32. The summed E-state index contributed by atoms with van der Waals surface area (Å²) >= 11 is 0. The van der Waals surface area contributed by atoms with Gasteiger partial charge in [0.25, 0.3) is 0 Å². The number of aromatic nitrogens is 1. The molecule has 0 bridgehead atoms. The van der Waals surface area contributed by atoms with E-state index < -0.39 is 24.2 Å². The van der Waals surface area contributed by atoms with Gasteiger partial charge in [0.05, 0.1) is 24.7 Å². The molecule has 4 aromatic rings. The summed E-state index contributed by atoms with van der Waals surface area (Å²) in [5.74, 6) is -0.971. The highest BCUT2D eigenvalue weighted by Crippen LogP contribution is 2.34. The number of nitrogens with zero attached hydrogens (tertiary/aromatic N) is 1. The Morgan fingerprint density at radius 3 is 2.28 bits per heavy atom. The Labute approximate surface area is 222 Å². The van der Waals surface area contributed by atoms with Crippen LogP contribution in [-0.4, -0.2) is 41.0 Å². The molecule has 0 amide bonds. The number of para-hydroxylation sites is 1. The molecule has 0 aliphatic rings. The predicted octanol–water partition coefficient (Wildman–Crippen LogP) is 6.38. The summed E-state index contributed by atoms with van der Waals surface area (Å²) in [5.41, 5.74) is 2.14. The first kappa shape index (κ1) is 27.6. The standard InChI is InChI=1S/C29H26F3NO6/c1-4-24(28(35)36)38-25-8-6-5-7-19(25)16-33-17(2)26(27(34)18-9-11-20(37-3)12-10-18)22-14-13-21(15-23(22)33)39-29(30,31)32/h5-15,24H,4,16H2,1-3H3,(H,35,36)/t24-/m1/s1. The predicted molar refractivity (Wildman–Crippen MR) is 138 cm³/mol. The van der Waals surface area contributed by atoms with Crippen LogP contribution in [0.5, 0.6) is 17.2 Å². The maximum absolute atomic E-state index is 13.6. The van der Waals surface area contributed by atoms with Crippen molar-refractivity contribution in [3.63, 3.8) is 0 Å². The molecule has 0 aliphatic heterocycles. The van der Waals surface area contributed by atoms with E-state index >= 15 is 0 Å². The molecule has 3 aromatic carbocycles. The van der Waals surface area contributed by atoms with Gasteiger partial charge in [-0.1, -0.05) is 25.1 Å². The molecule has 39 heavy (non-hydrogen) atoms. The molecule has 10 heteroatoms.